The Morgan fingerprint density at radius 1 is 1.47 bits per heavy atom. The third kappa shape index (κ3) is 3.76. The number of carbonyl (C=O) groups excluding carboxylic acids is 1. The highest BCUT2D eigenvalue weighted by molar-refractivity contribution is 9.10. The number of nitrogens with one attached hydrogen (secondary N) is 1. The van der Waals surface area contributed by atoms with Gasteiger partial charge in [0.2, 0.25) is 0 Å². The predicted octanol–water partition coefficient (Wildman–Crippen LogP) is 2.19. The molecular formula is C13H17BrN2O3. The van der Waals surface area contributed by atoms with E-state index in [2.05, 4.69) is 21.4 Å². The Morgan fingerprint density at radius 2 is 2.16 bits per heavy atom. The van der Waals surface area contributed by atoms with Gasteiger partial charge in [-0.15, -0.1) is 0 Å². The van der Waals surface area contributed by atoms with Crippen LogP contribution in [0.15, 0.2) is 28.7 Å². The fraction of sp³-hybridized carbons (Fsp3) is 0.462. The Balaban J connectivity index is 1.97. The van der Waals surface area contributed by atoms with Gasteiger partial charge >= 0.3 is 5.97 Å². The maximum Gasteiger partial charge on any atom is 0.309 e. The van der Waals surface area contributed by atoms with Crippen molar-refractivity contribution in [2.45, 2.75) is 25.8 Å². The van der Waals surface area contributed by atoms with E-state index in [9.17, 15) is 4.79 Å². The lowest BCUT2D eigenvalue weighted by Gasteiger charge is -2.17. The van der Waals surface area contributed by atoms with E-state index in [-0.39, 0.29) is 24.8 Å². The van der Waals surface area contributed by atoms with Crippen LogP contribution in [0.25, 0.3) is 0 Å². The van der Waals surface area contributed by atoms with Crippen LogP contribution in [0.5, 0.6) is 0 Å². The molecule has 1 saturated heterocycles. The summed E-state index contributed by atoms with van der Waals surface area (Å²) in [6, 6.07) is 7.90. The molecular weight excluding hydrogens is 312 g/mol. The first-order chi connectivity index (χ1) is 9.10. The minimum Gasteiger partial charge on any atom is -0.466 e. The summed E-state index contributed by atoms with van der Waals surface area (Å²) in [4.78, 5) is 11.4. The lowest BCUT2D eigenvalue weighted by molar-refractivity contribution is -0.146. The molecule has 0 radical (unpaired) electrons. The summed E-state index contributed by atoms with van der Waals surface area (Å²) in [6.07, 6.45) is -0.351. The van der Waals surface area contributed by atoms with E-state index in [4.69, 9.17) is 9.47 Å². The van der Waals surface area contributed by atoms with E-state index in [1.165, 1.54) is 0 Å². The SMILES string of the molecule is CCOC(=O)CC1NN(C)C(c2ccc(Br)cc2)O1. The second-order valence-corrected chi connectivity index (χ2v) is 5.19. The summed E-state index contributed by atoms with van der Waals surface area (Å²) >= 11 is 3.40. The molecule has 104 valence electrons. The van der Waals surface area contributed by atoms with Gasteiger partial charge < -0.3 is 9.47 Å². The van der Waals surface area contributed by atoms with Gasteiger partial charge in [-0.3, -0.25) is 4.79 Å². The minimum absolute atomic E-state index is 0.200. The van der Waals surface area contributed by atoms with Crippen LogP contribution in [-0.2, 0) is 14.3 Å². The quantitative estimate of drug-likeness (QED) is 0.859. The molecule has 19 heavy (non-hydrogen) atoms. The first-order valence-corrected chi connectivity index (χ1v) is 6.95. The average molecular weight is 329 g/mol. The zero-order valence-corrected chi connectivity index (χ0v) is 12.5. The molecule has 0 amide bonds. The summed E-state index contributed by atoms with van der Waals surface area (Å²) < 4.78 is 11.7. The third-order valence-corrected chi connectivity index (χ3v) is 3.33. The molecule has 1 heterocycles. The van der Waals surface area contributed by atoms with Crippen LogP contribution in [0.2, 0.25) is 0 Å². The zero-order valence-electron chi connectivity index (χ0n) is 10.9. The van der Waals surface area contributed by atoms with Crippen molar-refractivity contribution in [2.24, 2.45) is 0 Å². The van der Waals surface area contributed by atoms with E-state index in [1.54, 1.807) is 6.92 Å². The number of benzene rings is 1. The molecule has 1 N–H and O–H groups in total. The van der Waals surface area contributed by atoms with Crippen molar-refractivity contribution in [1.29, 1.82) is 0 Å². The van der Waals surface area contributed by atoms with E-state index in [0.29, 0.717) is 6.61 Å². The highest BCUT2D eigenvalue weighted by Gasteiger charge is 2.32. The number of hydrogen-bond donors (Lipinski definition) is 1. The molecule has 1 aliphatic heterocycles. The van der Waals surface area contributed by atoms with Gasteiger partial charge in [0, 0.05) is 11.5 Å². The number of hydrogen-bond acceptors (Lipinski definition) is 5. The van der Waals surface area contributed by atoms with Crippen molar-refractivity contribution in [3.05, 3.63) is 34.3 Å². The highest BCUT2D eigenvalue weighted by Crippen LogP contribution is 2.27. The first kappa shape index (κ1) is 14.5. The Kier molecular flexibility index (Phi) is 4.93. The summed E-state index contributed by atoms with van der Waals surface area (Å²) in [5.74, 6) is -0.259. The summed E-state index contributed by atoms with van der Waals surface area (Å²) in [5, 5.41) is 1.85. The second kappa shape index (κ2) is 6.47. The molecule has 0 aliphatic carbocycles. The number of halogens is 1. The van der Waals surface area contributed by atoms with Crippen LogP contribution in [0.4, 0.5) is 0 Å². The summed E-state index contributed by atoms with van der Waals surface area (Å²) in [6.45, 7) is 2.18. The van der Waals surface area contributed by atoms with Gasteiger partial charge in [-0.25, -0.2) is 10.4 Å². The molecule has 0 bridgehead atoms. The Hall–Kier alpha value is -0.950. The van der Waals surface area contributed by atoms with Crippen molar-refractivity contribution in [3.8, 4) is 0 Å². The van der Waals surface area contributed by atoms with Crippen molar-refractivity contribution < 1.29 is 14.3 Å². The van der Waals surface area contributed by atoms with E-state index in [0.717, 1.165) is 10.0 Å². The highest BCUT2D eigenvalue weighted by atomic mass is 79.9. The van der Waals surface area contributed by atoms with Gasteiger partial charge in [-0.1, -0.05) is 28.1 Å². The fourth-order valence-corrected chi connectivity index (χ4v) is 2.23. The molecule has 2 atom stereocenters. The van der Waals surface area contributed by atoms with Crippen LogP contribution < -0.4 is 5.43 Å². The molecule has 1 fully saturated rings. The van der Waals surface area contributed by atoms with Crippen molar-refractivity contribution in [1.82, 2.24) is 10.4 Å². The molecule has 5 nitrogen and oxygen atoms in total. The largest absolute Gasteiger partial charge is 0.466 e. The summed E-state index contributed by atoms with van der Waals surface area (Å²) in [5.41, 5.74) is 4.14. The Bertz CT molecular complexity index is 438. The smallest absolute Gasteiger partial charge is 0.309 e. The maximum absolute atomic E-state index is 11.4. The summed E-state index contributed by atoms with van der Waals surface area (Å²) in [7, 11) is 1.89. The number of rotatable bonds is 4. The lowest BCUT2D eigenvalue weighted by atomic mass is 10.2. The Morgan fingerprint density at radius 3 is 2.79 bits per heavy atom. The molecule has 2 rings (SSSR count). The third-order valence-electron chi connectivity index (χ3n) is 2.81. The second-order valence-electron chi connectivity index (χ2n) is 4.28. The van der Waals surface area contributed by atoms with Crippen LogP contribution >= 0.6 is 15.9 Å². The Labute approximate surface area is 121 Å². The van der Waals surface area contributed by atoms with Crippen molar-refractivity contribution >= 4 is 21.9 Å². The van der Waals surface area contributed by atoms with Crippen LogP contribution in [0.1, 0.15) is 25.1 Å². The zero-order chi connectivity index (χ0) is 13.8. The molecule has 0 spiro atoms. The van der Waals surface area contributed by atoms with E-state index in [1.807, 2.05) is 36.3 Å². The van der Waals surface area contributed by atoms with Gasteiger partial charge in [0.15, 0.2) is 6.23 Å². The van der Waals surface area contributed by atoms with Crippen LogP contribution in [0, 0.1) is 0 Å². The number of hydrazine groups is 1. The number of ether oxygens (including phenoxy) is 2. The number of nitrogens with zero attached hydrogens (tertiary/aromatic N) is 1. The molecule has 2 unspecified atom stereocenters. The average Bonchev–Trinajstić information content (AvgIpc) is 2.71. The van der Waals surface area contributed by atoms with E-state index < -0.39 is 0 Å². The van der Waals surface area contributed by atoms with Crippen LogP contribution in [-0.4, -0.2) is 30.9 Å². The number of carbonyl (C=O) groups is 1. The van der Waals surface area contributed by atoms with E-state index >= 15 is 0 Å². The molecule has 0 saturated carbocycles. The first-order valence-electron chi connectivity index (χ1n) is 6.15. The normalized spacial score (nSPS) is 23.5. The van der Waals surface area contributed by atoms with Crippen LogP contribution in [0.3, 0.4) is 0 Å². The van der Waals surface area contributed by atoms with Gasteiger partial charge in [-0.05, 0) is 24.6 Å². The number of esters is 1. The van der Waals surface area contributed by atoms with Crippen molar-refractivity contribution in [3.63, 3.8) is 0 Å². The minimum atomic E-state index is -0.349. The van der Waals surface area contributed by atoms with Gasteiger partial charge in [0.1, 0.15) is 6.23 Å². The monoisotopic (exact) mass is 328 g/mol. The molecule has 1 aromatic rings. The fourth-order valence-electron chi connectivity index (χ4n) is 1.97. The topological polar surface area (TPSA) is 50.8 Å². The molecule has 1 aliphatic rings. The van der Waals surface area contributed by atoms with Gasteiger partial charge in [0.05, 0.1) is 13.0 Å². The molecule has 0 aromatic heterocycles. The van der Waals surface area contributed by atoms with Gasteiger partial charge in [-0.2, -0.15) is 0 Å². The standard InChI is InChI=1S/C13H17BrN2O3/c1-3-18-12(17)8-11-15-16(2)13(19-11)9-4-6-10(14)7-5-9/h4-7,11,13,15H,3,8H2,1-2H3. The maximum atomic E-state index is 11.4. The molecule has 6 heteroatoms. The predicted molar refractivity (Wildman–Crippen MR) is 73.9 cm³/mol. The lowest BCUT2D eigenvalue weighted by Crippen LogP contribution is -2.34. The molecule has 1 aromatic carbocycles. The van der Waals surface area contributed by atoms with Gasteiger partial charge in [0.25, 0.3) is 0 Å². The van der Waals surface area contributed by atoms with Crippen molar-refractivity contribution in [2.75, 3.05) is 13.7 Å².